The fourth-order valence-corrected chi connectivity index (χ4v) is 4.42. The van der Waals surface area contributed by atoms with Crippen LogP contribution >= 0.6 is 11.8 Å². The molecule has 158 valence electrons. The summed E-state index contributed by atoms with van der Waals surface area (Å²) >= 11 is 1.67. The summed E-state index contributed by atoms with van der Waals surface area (Å²) in [6.07, 6.45) is 0. The molecule has 3 heterocycles. The molecule has 0 unspecified atom stereocenters. The van der Waals surface area contributed by atoms with Gasteiger partial charge in [0.25, 0.3) is 0 Å². The maximum Gasteiger partial charge on any atom is 0.314 e. The first-order chi connectivity index (χ1) is 15.1. The average molecular weight is 440 g/mol. The van der Waals surface area contributed by atoms with Crippen molar-refractivity contribution in [2.45, 2.75) is 18.1 Å². The number of halogens is 1. The molecular formula is C21H17FN4O4S. The molecule has 31 heavy (non-hydrogen) atoms. The van der Waals surface area contributed by atoms with E-state index < -0.39 is 11.8 Å². The second kappa shape index (κ2) is 7.95. The Labute approximate surface area is 180 Å². The molecular weight excluding hydrogens is 423 g/mol. The maximum atomic E-state index is 13.3. The van der Waals surface area contributed by atoms with Crippen molar-refractivity contribution in [2.24, 2.45) is 0 Å². The number of nitrogens with one attached hydrogen (secondary N) is 2. The van der Waals surface area contributed by atoms with Gasteiger partial charge in [0.15, 0.2) is 11.5 Å². The highest BCUT2D eigenvalue weighted by atomic mass is 32.2. The summed E-state index contributed by atoms with van der Waals surface area (Å²) in [6, 6.07) is 11.1. The summed E-state index contributed by atoms with van der Waals surface area (Å²) in [5.74, 6) is 1.12. The molecule has 2 N–H and O–H groups in total. The first kappa shape index (κ1) is 19.4. The highest BCUT2D eigenvalue weighted by Crippen LogP contribution is 2.36. The van der Waals surface area contributed by atoms with Gasteiger partial charge in [-0.05, 0) is 42.0 Å². The number of rotatable bonds is 4. The van der Waals surface area contributed by atoms with Gasteiger partial charge in [0.1, 0.15) is 11.6 Å². The number of anilines is 1. The van der Waals surface area contributed by atoms with Gasteiger partial charge >= 0.3 is 11.8 Å². The van der Waals surface area contributed by atoms with E-state index in [9.17, 15) is 14.0 Å². The molecule has 2 amide bonds. The summed E-state index contributed by atoms with van der Waals surface area (Å²) in [7, 11) is 0. The summed E-state index contributed by atoms with van der Waals surface area (Å²) < 4.78 is 25.4. The lowest BCUT2D eigenvalue weighted by Gasteiger charge is -2.11. The molecule has 2 aliphatic rings. The van der Waals surface area contributed by atoms with Crippen LogP contribution in [0.1, 0.15) is 16.8 Å². The Morgan fingerprint density at radius 2 is 1.87 bits per heavy atom. The zero-order valence-electron chi connectivity index (χ0n) is 16.2. The van der Waals surface area contributed by atoms with Gasteiger partial charge in [-0.1, -0.05) is 6.07 Å². The van der Waals surface area contributed by atoms with Crippen molar-refractivity contribution in [3.8, 4) is 17.2 Å². The zero-order chi connectivity index (χ0) is 21.4. The van der Waals surface area contributed by atoms with E-state index in [-0.39, 0.29) is 19.2 Å². The van der Waals surface area contributed by atoms with E-state index >= 15 is 0 Å². The van der Waals surface area contributed by atoms with Crippen LogP contribution in [0.4, 0.5) is 10.2 Å². The van der Waals surface area contributed by atoms with Crippen LogP contribution < -0.4 is 20.1 Å². The van der Waals surface area contributed by atoms with E-state index in [1.165, 1.54) is 16.8 Å². The van der Waals surface area contributed by atoms with Crippen LogP contribution in [0.25, 0.3) is 5.69 Å². The molecule has 2 aliphatic heterocycles. The lowest BCUT2D eigenvalue weighted by Crippen LogP contribution is -2.35. The number of thioether (sulfide) groups is 1. The topological polar surface area (TPSA) is 94.5 Å². The van der Waals surface area contributed by atoms with Gasteiger partial charge in [-0.15, -0.1) is 0 Å². The minimum Gasteiger partial charge on any atom is -0.454 e. The summed E-state index contributed by atoms with van der Waals surface area (Å²) in [5.41, 5.74) is 3.08. The Balaban J connectivity index is 1.30. The van der Waals surface area contributed by atoms with Crippen molar-refractivity contribution in [1.82, 2.24) is 15.1 Å². The van der Waals surface area contributed by atoms with Crippen molar-refractivity contribution in [3.05, 3.63) is 65.1 Å². The van der Waals surface area contributed by atoms with Gasteiger partial charge in [0, 0.05) is 23.6 Å². The van der Waals surface area contributed by atoms with Crippen molar-refractivity contribution < 1.29 is 23.5 Å². The van der Waals surface area contributed by atoms with Crippen LogP contribution in [-0.2, 0) is 27.6 Å². The van der Waals surface area contributed by atoms with Crippen molar-refractivity contribution in [2.75, 3.05) is 12.1 Å². The van der Waals surface area contributed by atoms with Crippen LogP contribution in [0, 0.1) is 5.82 Å². The summed E-state index contributed by atoms with van der Waals surface area (Å²) in [5, 5.41) is 9.82. The van der Waals surface area contributed by atoms with Gasteiger partial charge in [-0.3, -0.25) is 9.59 Å². The number of ether oxygens (including phenoxy) is 2. The maximum absolute atomic E-state index is 13.3. The van der Waals surface area contributed by atoms with Crippen LogP contribution in [-0.4, -0.2) is 28.4 Å². The molecule has 3 aromatic rings. The molecule has 0 spiro atoms. The molecule has 0 saturated heterocycles. The van der Waals surface area contributed by atoms with Gasteiger partial charge in [0.05, 0.1) is 11.4 Å². The molecule has 0 aliphatic carbocycles. The Bertz CT molecular complexity index is 1180. The lowest BCUT2D eigenvalue weighted by molar-refractivity contribution is -0.136. The number of fused-ring (bicyclic) bond motifs is 2. The first-order valence-corrected chi connectivity index (χ1v) is 10.7. The fourth-order valence-electron chi connectivity index (χ4n) is 3.39. The summed E-state index contributed by atoms with van der Waals surface area (Å²) in [4.78, 5) is 25.0. The quantitative estimate of drug-likeness (QED) is 0.606. The predicted octanol–water partition coefficient (Wildman–Crippen LogP) is 2.74. The van der Waals surface area contributed by atoms with Crippen molar-refractivity contribution >= 4 is 29.4 Å². The van der Waals surface area contributed by atoms with Gasteiger partial charge in [-0.2, -0.15) is 16.9 Å². The summed E-state index contributed by atoms with van der Waals surface area (Å²) in [6.45, 7) is 0.325. The third-order valence-corrected chi connectivity index (χ3v) is 5.92. The molecule has 8 nitrogen and oxygen atoms in total. The van der Waals surface area contributed by atoms with E-state index in [2.05, 4.69) is 15.7 Å². The predicted molar refractivity (Wildman–Crippen MR) is 112 cm³/mol. The SMILES string of the molecule is O=C(NCc1ccc2c(c1)OCO2)C(=O)Nc1c2c(nn1-c1ccc(F)cc1)CSC2. The molecule has 10 heteroatoms. The molecule has 1 aromatic heterocycles. The number of carbonyl (C=O) groups excluding carboxylic acids is 2. The second-order valence-electron chi connectivity index (χ2n) is 6.98. The molecule has 5 rings (SSSR count). The third kappa shape index (κ3) is 3.81. The standard InChI is InChI=1S/C21H17FN4O4S/c22-13-2-4-14(5-3-13)26-19(15-9-31-10-16(15)25-26)24-21(28)20(27)23-8-12-1-6-17-18(7-12)30-11-29-17/h1-7H,8-11H2,(H,23,27)(H,24,28). The van der Waals surface area contributed by atoms with E-state index in [4.69, 9.17) is 9.47 Å². The number of benzene rings is 2. The van der Waals surface area contributed by atoms with E-state index in [0.717, 1.165) is 16.8 Å². The number of amides is 2. The Hall–Kier alpha value is -3.53. The minimum atomic E-state index is -0.802. The second-order valence-corrected chi connectivity index (χ2v) is 7.96. The van der Waals surface area contributed by atoms with Crippen LogP contribution in [0.3, 0.4) is 0 Å². The third-order valence-electron chi connectivity index (χ3n) is 4.95. The molecule has 2 aromatic carbocycles. The van der Waals surface area contributed by atoms with Crippen molar-refractivity contribution in [1.29, 1.82) is 0 Å². The molecule has 0 radical (unpaired) electrons. The lowest BCUT2D eigenvalue weighted by atomic mass is 10.2. The van der Waals surface area contributed by atoms with Gasteiger partial charge < -0.3 is 20.1 Å². The number of hydrogen-bond acceptors (Lipinski definition) is 6. The first-order valence-electron chi connectivity index (χ1n) is 9.50. The van der Waals surface area contributed by atoms with E-state index in [1.54, 1.807) is 42.1 Å². The van der Waals surface area contributed by atoms with Crippen molar-refractivity contribution in [3.63, 3.8) is 0 Å². The largest absolute Gasteiger partial charge is 0.454 e. The zero-order valence-corrected chi connectivity index (χ0v) is 17.0. The van der Waals surface area contributed by atoms with Crippen LogP contribution in [0.2, 0.25) is 0 Å². The number of aromatic nitrogens is 2. The van der Waals surface area contributed by atoms with Crippen LogP contribution in [0.5, 0.6) is 11.5 Å². The number of carbonyl (C=O) groups is 2. The van der Waals surface area contributed by atoms with Gasteiger partial charge in [0.2, 0.25) is 6.79 Å². The fraction of sp³-hybridized carbons (Fsp3) is 0.190. The van der Waals surface area contributed by atoms with Gasteiger partial charge in [-0.25, -0.2) is 9.07 Å². The Morgan fingerprint density at radius 1 is 1.06 bits per heavy atom. The smallest absolute Gasteiger partial charge is 0.314 e. The average Bonchev–Trinajstić information content (AvgIpc) is 3.49. The minimum absolute atomic E-state index is 0.161. The van der Waals surface area contributed by atoms with Crippen LogP contribution in [0.15, 0.2) is 42.5 Å². The highest BCUT2D eigenvalue weighted by Gasteiger charge is 2.26. The molecule has 0 atom stereocenters. The molecule has 0 saturated carbocycles. The van der Waals surface area contributed by atoms with E-state index in [1.807, 2.05) is 0 Å². The number of hydrogen-bond donors (Lipinski definition) is 2. The highest BCUT2D eigenvalue weighted by molar-refractivity contribution is 7.98. The Morgan fingerprint density at radius 3 is 2.71 bits per heavy atom. The molecule has 0 fully saturated rings. The number of nitrogens with zero attached hydrogens (tertiary/aromatic N) is 2. The van der Waals surface area contributed by atoms with E-state index in [0.29, 0.717) is 34.5 Å². The monoisotopic (exact) mass is 440 g/mol. The normalized spacial score (nSPS) is 13.7. The Kier molecular flexibility index (Phi) is 4.99. The molecule has 0 bridgehead atoms.